The summed E-state index contributed by atoms with van der Waals surface area (Å²) >= 11 is 0. The minimum Gasteiger partial charge on any atom is -0.493 e. The van der Waals surface area contributed by atoms with Gasteiger partial charge in [-0.05, 0) is 61.0 Å². The lowest BCUT2D eigenvalue weighted by molar-refractivity contribution is 0.0955. The van der Waals surface area contributed by atoms with Gasteiger partial charge in [0.1, 0.15) is 0 Å². The summed E-state index contributed by atoms with van der Waals surface area (Å²) in [6, 6.07) is 19.8. The number of rotatable bonds is 9. The average molecular weight is 482 g/mol. The van der Waals surface area contributed by atoms with E-state index in [9.17, 15) is 13.2 Å². The number of sulfonamides is 1. The fourth-order valence-electron chi connectivity index (χ4n) is 3.26. The van der Waals surface area contributed by atoms with E-state index in [0.717, 1.165) is 5.56 Å². The van der Waals surface area contributed by atoms with Gasteiger partial charge in [0.15, 0.2) is 11.5 Å². The maximum atomic E-state index is 12.8. The first-order valence-corrected chi connectivity index (χ1v) is 12.0. The number of anilines is 1. The third-order valence-corrected chi connectivity index (χ3v) is 7.04. The first kappa shape index (κ1) is 24.8. The number of carbonyl (C=O) groups excluding carboxylic acids is 1. The summed E-state index contributed by atoms with van der Waals surface area (Å²) in [6.45, 7) is 1.93. The third-order valence-electron chi connectivity index (χ3n) is 5.24. The molecule has 0 atom stereocenters. The highest BCUT2D eigenvalue weighted by Crippen LogP contribution is 2.28. The van der Waals surface area contributed by atoms with Crippen molar-refractivity contribution in [3.05, 3.63) is 83.9 Å². The van der Waals surface area contributed by atoms with Gasteiger partial charge in [0.25, 0.3) is 15.9 Å². The molecule has 0 spiro atoms. The monoisotopic (exact) mass is 481 g/mol. The molecule has 0 aromatic heterocycles. The van der Waals surface area contributed by atoms with E-state index in [1.165, 1.54) is 23.5 Å². The van der Waals surface area contributed by atoms with Gasteiger partial charge in [-0.25, -0.2) is 13.8 Å². The zero-order valence-electron chi connectivity index (χ0n) is 19.5. The number of hydrazone groups is 1. The van der Waals surface area contributed by atoms with Gasteiger partial charge in [-0.2, -0.15) is 5.10 Å². The van der Waals surface area contributed by atoms with Crippen LogP contribution in [0.4, 0.5) is 5.69 Å². The number of nitrogens with one attached hydrogen (secondary N) is 1. The van der Waals surface area contributed by atoms with E-state index in [4.69, 9.17) is 9.47 Å². The van der Waals surface area contributed by atoms with Crippen LogP contribution in [-0.4, -0.2) is 41.3 Å². The summed E-state index contributed by atoms with van der Waals surface area (Å²) in [4.78, 5) is 12.8. The predicted molar refractivity (Wildman–Crippen MR) is 132 cm³/mol. The Hall–Kier alpha value is -3.85. The van der Waals surface area contributed by atoms with Gasteiger partial charge < -0.3 is 9.47 Å². The van der Waals surface area contributed by atoms with Gasteiger partial charge in [-0.1, -0.05) is 25.1 Å². The second kappa shape index (κ2) is 10.8. The van der Waals surface area contributed by atoms with Gasteiger partial charge >= 0.3 is 0 Å². The van der Waals surface area contributed by atoms with Crippen LogP contribution < -0.4 is 19.2 Å². The van der Waals surface area contributed by atoms with Crippen LogP contribution in [0.3, 0.4) is 0 Å². The van der Waals surface area contributed by atoms with Crippen LogP contribution in [0.1, 0.15) is 29.3 Å². The second-order valence-corrected chi connectivity index (χ2v) is 9.22. The summed E-state index contributed by atoms with van der Waals surface area (Å²) in [5, 5.41) is 4.27. The van der Waals surface area contributed by atoms with Crippen LogP contribution >= 0.6 is 0 Å². The summed E-state index contributed by atoms with van der Waals surface area (Å²) in [6.07, 6.45) is 0.580. The topological polar surface area (TPSA) is 97.3 Å². The van der Waals surface area contributed by atoms with Crippen molar-refractivity contribution in [2.24, 2.45) is 5.10 Å². The zero-order valence-corrected chi connectivity index (χ0v) is 20.3. The molecule has 9 heteroatoms. The largest absolute Gasteiger partial charge is 0.493 e. The van der Waals surface area contributed by atoms with E-state index < -0.39 is 15.9 Å². The number of hydrogen-bond acceptors (Lipinski definition) is 6. The van der Waals surface area contributed by atoms with Crippen molar-refractivity contribution in [1.82, 2.24) is 5.43 Å². The van der Waals surface area contributed by atoms with Gasteiger partial charge in [0, 0.05) is 18.2 Å². The highest BCUT2D eigenvalue weighted by molar-refractivity contribution is 7.92. The molecule has 1 N–H and O–H groups in total. The molecular weight excluding hydrogens is 454 g/mol. The van der Waals surface area contributed by atoms with Crippen molar-refractivity contribution in [3.63, 3.8) is 0 Å². The molecule has 178 valence electrons. The number of carbonyl (C=O) groups is 1. The van der Waals surface area contributed by atoms with E-state index in [0.29, 0.717) is 34.9 Å². The fraction of sp³-hybridized carbons (Fsp3) is 0.200. The van der Waals surface area contributed by atoms with E-state index in [1.807, 2.05) is 13.0 Å². The summed E-state index contributed by atoms with van der Waals surface area (Å²) in [5.74, 6) is 0.759. The van der Waals surface area contributed by atoms with Crippen molar-refractivity contribution < 1.29 is 22.7 Å². The van der Waals surface area contributed by atoms with E-state index >= 15 is 0 Å². The molecule has 0 bridgehead atoms. The minimum atomic E-state index is -3.70. The Balaban J connectivity index is 1.75. The fourth-order valence-corrected chi connectivity index (χ4v) is 4.47. The van der Waals surface area contributed by atoms with Crippen LogP contribution in [0.15, 0.2) is 82.8 Å². The van der Waals surface area contributed by atoms with E-state index in [2.05, 4.69) is 10.5 Å². The summed E-state index contributed by atoms with van der Waals surface area (Å²) < 4.78 is 37.4. The van der Waals surface area contributed by atoms with Gasteiger partial charge in [-0.15, -0.1) is 0 Å². The maximum Gasteiger partial charge on any atom is 0.271 e. The van der Waals surface area contributed by atoms with Crippen molar-refractivity contribution in [2.45, 2.75) is 18.2 Å². The van der Waals surface area contributed by atoms with E-state index in [1.54, 1.807) is 68.8 Å². The molecule has 34 heavy (non-hydrogen) atoms. The Morgan fingerprint density at radius 3 is 2.12 bits per heavy atom. The van der Waals surface area contributed by atoms with Crippen LogP contribution in [0.2, 0.25) is 0 Å². The molecule has 0 heterocycles. The molecule has 0 aliphatic rings. The lowest BCUT2D eigenvalue weighted by atomic mass is 10.1. The van der Waals surface area contributed by atoms with Gasteiger partial charge in [0.05, 0.1) is 30.5 Å². The average Bonchev–Trinajstić information content (AvgIpc) is 2.88. The molecule has 0 unspecified atom stereocenters. The molecule has 1 amide bonds. The van der Waals surface area contributed by atoms with Crippen molar-refractivity contribution in [1.29, 1.82) is 0 Å². The molecule has 0 aliphatic carbocycles. The maximum absolute atomic E-state index is 12.8. The number of nitrogens with zero attached hydrogens (tertiary/aromatic N) is 2. The molecule has 0 aliphatic heterocycles. The lowest BCUT2D eigenvalue weighted by Crippen LogP contribution is -2.26. The second-order valence-electron chi connectivity index (χ2n) is 7.26. The molecule has 8 nitrogen and oxygen atoms in total. The SMILES string of the molecule is CC/C(=N/NC(=O)c1ccc(N(C)S(=O)(=O)c2ccccc2)cc1)c1ccc(OC)c(OC)c1. The number of benzene rings is 3. The normalized spacial score (nSPS) is 11.6. The Morgan fingerprint density at radius 1 is 0.912 bits per heavy atom. The van der Waals surface area contributed by atoms with Crippen LogP contribution in [-0.2, 0) is 10.0 Å². The molecule has 0 fully saturated rings. The number of ether oxygens (including phenoxy) is 2. The van der Waals surface area contributed by atoms with Crippen LogP contribution in [0, 0.1) is 0 Å². The number of amides is 1. The molecule has 0 saturated carbocycles. The van der Waals surface area contributed by atoms with Crippen LogP contribution in [0.25, 0.3) is 0 Å². The molecule has 0 saturated heterocycles. The Labute approximate surface area is 199 Å². The van der Waals surface area contributed by atoms with Crippen LogP contribution in [0.5, 0.6) is 11.5 Å². The van der Waals surface area contributed by atoms with Gasteiger partial charge in [0.2, 0.25) is 0 Å². The third kappa shape index (κ3) is 5.37. The first-order chi connectivity index (χ1) is 16.3. The van der Waals surface area contributed by atoms with E-state index in [-0.39, 0.29) is 4.90 Å². The minimum absolute atomic E-state index is 0.191. The molecule has 3 aromatic rings. The molecule has 0 radical (unpaired) electrons. The molecule has 3 rings (SSSR count). The van der Waals surface area contributed by atoms with Crippen molar-refractivity contribution in [3.8, 4) is 11.5 Å². The molecule has 3 aromatic carbocycles. The Morgan fingerprint density at radius 2 is 1.53 bits per heavy atom. The molecular formula is C25H27N3O5S. The van der Waals surface area contributed by atoms with Crippen molar-refractivity contribution >= 4 is 27.3 Å². The highest BCUT2D eigenvalue weighted by Gasteiger charge is 2.21. The zero-order chi connectivity index (χ0) is 24.7. The first-order valence-electron chi connectivity index (χ1n) is 10.5. The lowest BCUT2D eigenvalue weighted by Gasteiger charge is -2.19. The Kier molecular flexibility index (Phi) is 7.91. The smallest absolute Gasteiger partial charge is 0.271 e. The summed E-state index contributed by atoms with van der Waals surface area (Å²) in [7, 11) is 0.887. The van der Waals surface area contributed by atoms with Gasteiger partial charge in [-0.3, -0.25) is 9.10 Å². The Bertz CT molecular complexity index is 1270. The predicted octanol–water partition coefficient (Wildman–Crippen LogP) is 4.07. The summed E-state index contributed by atoms with van der Waals surface area (Å²) in [5.41, 5.74) is 4.81. The number of methoxy groups -OCH3 is 2. The number of hydrogen-bond donors (Lipinski definition) is 1. The highest BCUT2D eigenvalue weighted by atomic mass is 32.2. The standard InChI is InChI=1S/C25H27N3O5S/c1-5-22(19-13-16-23(32-3)24(17-19)33-4)26-27-25(29)18-11-14-20(15-12-18)28(2)34(30,31)21-9-7-6-8-10-21/h6-17H,5H2,1-4H3,(H,27,29)/b26-22-. The quantitative estimate of drug-likeness (QED) is 0.367. The van der Waals surface area contributed by atoms with Crippen molar-refractivity contribution in [2.75, 3.05) is 25.6 Å².